The molecule has 0 aromatic rings. The van der Waals surface area contributed by atoms with E-state index < -0.39 is 0 Å². The third-order valence-corrected chi connectivity index (χ3v) is 0.891. The van der Waals surface area contributed by atoms with Crippen LogP contribution < -0.4 is 35.3 Å². The van der Waals surface area contributed by atoms with Gasteiger partial charge in [0.25, 0.3) is 0 Å². The summed E-state index contributed by atoms with van der Waals surface area (Å²) >= 11 is 0. The van der Waals surface area contributed by atoms with Gasteiger partial charge in [-0.3, -0.25) is 0 Å². The molecular weight excluding hydrogens is 252 g/mol. The first-order valence-corrected chi connectivity index (χ1v) is 4.78. The van der Waals surface area contributed by atoms with Crippen LogP contribution in [0.15, 0.2) is 0 Å². The van der Waals surface area contributed by atoms with Crippen molar-refractivity contribution in [2.75, 3.05) is 19.8 Å². The molecule has 0 rings (SSSR count). The number of rotatable bonds is 4. The number of nitrogens with two attached hydrogens (primary N) is 1. The summed E-state index contributed by atoms with van der Waals surface area (Å²) in [5.74, 6) is 0. The molecule has 0 atom stereocenters. The minimum absolute atomic E-state index is 0. The van der Waals surface area contributed by atoms with Gasteiger partial charge < -0.3 is 32.6 Å². The first-order chi connectivity index (χ1) is 7.24. The minimum atomic E-state index is 0. The van der Waals surface area contributed by atoms with E-state index in [9.17, 15) is 0 Å². The van der Waals surface area contributed by atoms with Crippen LogP contribution in [0.25, 0.3) is 0 Å². The average molecular weight is 275 g/mol. The van der Waals surface area contributed by atoms with Crippen LogP contribution in [-0.4, -0.2) is 61.5 Å². The zero-order valence-corrected chi connectivity index (χ0v) is 14.4. The first-order valence-electron chi connectivity index (χ1n) is 4.78. The van der Waals surface area contributed by atoms with Gasteiger partial charge in [-0.05, 0) is 13.3 Å². The zero-order valence-electron chi connectivity index (χ0n) is 12.4. The van der Waals surface area contributed by atoms with Crippen LogP contribution in [-0.2, 0) is 4.79 Å². The molecule has 0 aliphatic carbocycles. The van der Waals surface area contributed by atoms with Crippen molar-refractivity contribution in [1.82, 2.24) is 0 Å². The van der Waals surface area contributed by atoms with Gasteiger partial charge in [0.05, 0.1) is 6.61 Å². The smallest absolute Gasteiger partial charge is 0.512 e. The number of unbranched alkanes of at least 4 members (excludes halogenated alkanes) is 2. The summed E-state index contributed by atoms with van der Waals surface area (Å²) in [5.41, 5.74) is 4.78. The molecule has 0 bridgehead atoms. The van der Waals surface area contributed by atoms with Crippen LogP contribution in [0.3, 0.4) is 0 Å². The van der Waals surface area contributed by atoms with Crippen LogP contribution >= 0.6 is 0 Å². The van der Waals surface area contributed by atoms with Gasteiger partial charge in [-0.2, -0.15) is 0 Å². The van der Waals surface area contributed by atoms with E-state index in [-0.39, 0.29) is 61.4 Å². The summed E-state index contributed by atoms with van der Waals surface area (Å²) in [6.07, 6.45) is 4.08. The number of aldehydes is 1. The number of hydrogen-bond donors (Lipinski definition) is 3. The summed E-state index contributed by atoms with van der Waals surface area (Å²) in [5, 5.41) is 22.2. The summed E-state index contributed by atoms with van der Waals surface area (Å²) in [7, 11) is 0. The van der Waals surface area contributed by atoms with Crippen molar-refractivity contribution in [1.29, 1.82) is 5.26 Å². The molecule has 0 fully saturated rings. The third-order valence-electron chi connectivity index (χ3n) is 0.891. The van der Waals surface area contributed by atoms with E-state index in [1.165, 1.54) is 13.3 Å². The van der Waals surface area contributed by atoms with E-state index in [0.717, 1.165) is 19.1 Å². The molecular formula is C10H23B3N2NaO3. The first kappa shape index (κ1) is 50.7. The Hall–Kier alpha value is 0.235. The zero-order chi connectivity index (χ0) is 12.9. The summed E-state index contributed by atoms with van der Waals surface area (Å²) < 4.78 is 0. The largest absolute Gasteiger partial charge is 1.00 e. The predicted octanol–water partition coefficient (Wildman–Crippen LogP) is -3.73. The van der Waals surface area contributed by atoms with E-state index in [4.69, 9.17) is 32.6 Å². The molecule has 0 unspecified atom stereocenters. The molecule has 5 nitrogen and oxygen atoms in total. The molecule has 0 saturated heterocycles. The number of aliphatic hydroxyl groups is 2. The second kappa shape index (κ2) is 103. The molecule has 0 aromatic carbocycles. The summed E-state index contributed by atoms with van der Waals surface area (Å²) in [6, 6.07) is 0. The SMILES string of the molecule is CC=O.CCCCCO.NCCO.[B].[B].[B].[C-]#N.[Na+]. The maximum absolute atomic E-state index is 8.81. The van der Waals surface area contributed by atoms with E-state index in [2.05, 4.69) is 6.92 Å². The van der Waals surface area contributed by atoms with Gasteiger partial charge in [0, 0.05) is 38.4 Å². The molecule has 0 amide bonds. The van der Waals surface area contributed by atoms with Crippen molar-refractivity contribution < 1.29 is 44.6 Å². The predicted molar refractivity (Wildman–Crippen MR) is 76.7 cm³/mol. The number of carbonyl (C=O) groups is 1. The molecule has 0 aromatic heterocycles. The molecule has 101 valence electrons. The topological polar surface area (TPSA) is 107 Å². The monoisotopic (exact) mass is 275 g/mol. The minimum Gasteiger partial charge on any atom is -0.512 e. The molecule has 0 aliphatic rings. The molecule has 0 saturated carbocycles. The fourth-order valence-corrected chi connectivity index (χ4v) is 0.362. The molecule has 0 heterocycles. The van der Waals surface area contributed by atoms with Crippen LogP contribution in [0.5, 0.6) is 0 Å². The van der Waals surface area contributed by atoms with E-state index in [1.807, 2.05) is 0 Å². The Morgan fingerprint density at radius 3 is 1.42 bits per heavy atom. The van der Waals surface area contributed by atoms with Crippen LogP contribution in [0.4, 0.5) is 0 Å². The van der Waals surface area contributed by atoms with Gasteiger partial charge in [-0.1, -0.05) is 19.8 Å². The van der Waals surface area contributed by atoms with Crippen molar-refractivity contribution >= 4 is 31.5 Å². The Morgan fingerprint density at radius 1 is 1.11 bits per heavy atom. The maximum Gasteiger partial charge on any atom is 1.00 e. The Labute approximate surface area is 146 Å². The molecule has 19 heavy (non-hydrogen) atoms. The van der Waals surface area contributed by atoms with Gasteiger partial charge in [-0.25, -0.2) is 0 Å². The van der Waals surface area contributed by atoms with Gasteiger partial charge in [0.2, 0.25) is 0 Å². The van der Waals surface area contributed by atoms with E-state index in [1.54, 1.807) is 0 Å². The van der Waals surface area contributed by atoms with Crippen molar-refractivity contribution in [3.8, 4) is 0 Å². The van der Waals surface area contributed by atoms with Gasteiger partial charge in [0.15, 0.2) is 0 Å². The number of aliphatic hydroxyl groups excluding tert-OH is 2. The van der Waals surface area contributed by atoms with Crippen molar-refractivity contribution in [3.05, 3.63) is 6.57 Å². The maximum atomic E-state index is 8.81. The average Bonchev–Trinajstić information content (AvgIpc) is 2.30. The quantitative estimate of drug-likeness (QED) is 0.211. The molecule has 9 radical (unpaired) electrons. The fraction of sp³-hybridized carbons (Fsp3) is 0.800. The number of hydrogen-bond acceptors (Lipinski definition) is 5. The fourth-order valence-electron chi connectivity index (χ4n) is 0.362. The normalized spacial score (nSPS) is 5.21. The van der Waals surface area contributed by atoms with Crippen molar-refractivity contribution in [2.24, 2.45) is 5.73 Å². The van der Waals surface area contributed by atoms with Gasteiger partial charge >= 0.3 is 29.6 Å². The number of nitrogens with zero attached hydrogens (tertiary/aromatic N) is 1. The Balaban J connectivity index is -0.0000000141. The molecule has 0 spiro atoms. The van der Waals surface area contributed by atoms with E-state index in [0.29, 0.717) is 13.2 Å². The van der Waals surface area contributed by atoms with Crippen molar-refractivity contribution in [3.63, 3.8) is 0 Å². The second-order valence-electron chi connectivity index (χ2n) is 2.18. The standard InChI is InChI=1S/C5H12O.C2H7NO.C2H4O.CN.3B.Na/c1-2-3-4-5-6;3-1-2-4;1-2-3;1-2;;;;/h6H,2-5H2,1H3;4H,1-3H2;2H,1H3;;;;;/q;;;-1;;;;+1. The second-order valence-corrected chi connectivity index (χ2v) is 2.18. The van der Waals surface area contributed by atoms with E-state index >= 15 is 0 Å². The Bertz CT molecular complexity index is 109. The molecule has 9 heteroatoms. The molecule has 4 N–H and O–H groups in total. The summed E-state index contributed by atoms with van der Waals surface area (Å²) in [6.45, 7) is 9.14. The van der Waals surface area contributed by atoms with Gasteiger partial charge in [0.1, 0.15) is 6.29 Å². The number of carbonyl (C=O) groups excluding carboxylic acids is 1. The Morgan fingerprint density at radius 2 is 1.37 bits per heavy atom. The van der Waals surface area contributed by atoms with Gasteiger partial charge in [-0.15, -0.1) is 0 Å². The van der Waals surface area contributed by atoms with Crippen LogP contribution in [0.1, 0.15) is 33.1 Å². The van der Waals surface area contributed by atoms with Crippen molar-refractivity contribution in [2.45, 2.75) is 33.1 Å². The third kappa shape index (κ3) is 268. The Kier molecular flexibility index (Phi) is 276. The summed E-state index contributed by atoms with van der Waals surface area (Å²) in [4.78, 5) is 8.81. The molecule has 0 aliphatic heterocycles. The van der Waals surface area contributed by atoms with Crippen LogP contribution in [0.2, 0.25) is 0 Å². The van der Waals surface area contributed by atoms with Crippen LogP contribution in [0, 0.1) is 11.8 Å².